The second-order valence-corrected chi connectivity index (χ2v) is 7.30. The lowest BCUT2D eigenvalue weighted by Crippen LogP contribution is -2.33. The maximum Gasteiger partial charge on any atom is 0.153 e. The lowest BCUT2D eigenvalue weighted by molar-refractivity contribution is 0.278. The summed E-state index contributed by atoms with van der Waals surface area (Å²) in [6, 6.07) is 0. The standard InChI is InChI=1S/C11H23NO2S/c1-9-4-5-11(8-10(9)2)15(13,14)7-3-6-12/h9-11H,3-8,12H2,1-2H3. The van der Waals surface area contributed by atoms with E-state index in [0.29, 0.717) is 24.8 Å². The fraction of sp³-hybridized carbons (Fsp3) is 1.00. The van der Waals surface area contributed by atoms with Gasteiger partial charge >= 0.3 is 0 Å². The second-order valence-electron chi connectivity index (χ2n) is 4.90. The lowest BCUT2D eigenvalue weighted by Gasteiger charge is -2.31. The summed E-state index contributed by atoms with van der Waals surface area (Å²) in [5, 5.41) is -0.102. The molecule has 1 saturated carbocycles. The van der Waals surface area contributed by atoms with Gasteiger partial charge in [-0.3, -0.25) is 0 Å². The van der Waals surface area contributed by atoms with E-state index >= 15 is 0 Å². The average molecular weight is 233 g/mol. The molecule has 0 aromatic carbocycles. The van der Waals surface area contributed by atoms with Gasteiger partial charge in [0.25, 0.3) is 0 Å². The van der Waals surface area contributed by atoms with E-state index in [9.17, 15) is 8.42 Å². The average Bonchev–Trinajstić information content (AvgIpc) is 2.19. The molecule has 0 aromatic heterocycles. The fourth-order valence-corrected chi connectivity index (χ4v) is 4.27. The highest BCUT2D eigenvalue weighted by molar-refractivity contribution is 7.92. The van der Waals surface area contributed by atoms with E-state index in [1.807, 2.05) is 0 Å². The predicted molar refractivity (Wildman–Crippen MR) is 63.4 cm³/mol. The number of hydrogen-bond acceptors (Lipinski definition) is 3. The van der Waals surface area contributed by atoms with Gasteiger partial charge in [-0.1, -0.05) is 13.8 Å². The van der Waals surface area contributed by atoms with Gasteiger partial charge in [0.05, 0.1) is 11.0 Å². The van der Waals surface area contributed by atoms with E-state index in [2.05, 4.69) is 13.8 Å². The highest BCUT2D eigenvalue weighted by Crippen LogP contribution is 2.33. The van der Waals surface area contributed by atoms with E-state index < -0.39 is 9.84 Å². The predicted octanol–water partition coefficient (Wildman–Crippen LogP) is 1.57. The normalized spacial score (nSPS) is 32.9. The van der Waals surface area contributed by atoms with Gasteiger partial charge in [0, 0.05) is 0 Å². The molecule has 0 bridgehead atoms. The summed E-state index contributed by atoms with van der Waals surface area (Å²) < 4.78 is 23.9. The first-order valence-electron chi connectivity index (χ1n) is 5.89. The number of rotatable bonds is 4. The Morgan fingerprint density at radius 3 is 2.40 bits per heavy atom. The van der Waals surface area contributed by atoms with Gasteiger partial charge in [0.1, 0.15) is 0 Å². The van der Waals surface area contributed by atoms with Crippen LogP contribution in [-0.2, 0) is 9.84 Å². The maximum absolute atomic E-state index is 11.9. The van der Waals surface area contributed by atoms with Crippen LogP contribution < -0.4 is 5.73 Å². The topological polar surface area (TPSA) is 60.2 Å². The minimum absolute atomic E-state index is 0.102. The maximum atomic E-state index is 11.9. The van der Waals surface area contributed by atoms with Crippen molar-refractivity contribution in [3.63, 3.8) is 0 Å². The molecule has 0 aromatic rings. The lowest BCUT2D eigenvalue weighted by atomic mass is 9.81. The van der Waals surface area contributed by atoms with E-state index in [1.54, 1.807) is 0 Å². The largest absolute Gasteiger partial charge is 0.330 e. The number of nitrogens with two attached hydrogens (primary N) is 1. The Morgan fingerprint density at radius 1 is 1.20 bits per heavy atom. The van der Waals surface area contributed by atoms with Crippen molar-refractivity contribution < 1.29 is 8.42 Å². The molecule has 1 aliphatic rings. The Morgan fingerprint density at radius 2 is 1.87 bits per heavy atom. The molecule has 3 nitrogen and oxygen atoms in total. The first-order chi connectivity index (χ1) is 6.97. The highest BCUT2D eigenvalue weighted by Gasteiger charge is 2.32. The Kier molecular flexibility index (Phi) is 4.59. The molecule has 3 unspecified atom stereocenters. The van der Waals surface area contributed by atoms with Crippen LogP contribution >= 0.6 is 0 Å². The number of sulfone groups is 1. The zero-order chi connectivity index (χ0) is 11.5. The third-order valence-corrected chi connectivity index (χ3v) is 5.99. The van der Waals surface area contributed by atoms with Crippen LogP contribution in [0.25, 0.3) is 0 Å². The summed E-state index contributed by atoms with van der Waals surface area (Å²) in [5.74, 6) is 1.48. The zero-order valence-corrected chi connectivity index (χ0v) is 10.6. The van der Waals surface area contributed by atoms with Crippen LogP contribution in [0.4, 0.5) is 0 Å². The van der Waals surface area contributed by atoms with Gasteiger partial charge in [0.15, 0.2) is 9.84 Å². The van der Waals surface area contributed by atoms with Crippen molar-refractivity contribution in [1.82, 2.24) is 0 Å². The van der Waals surface area contributed by atoms with Crippen LogP contribution in [-0.4, -0.2) is 26.0 Å². The summed E-state index contributed by atoms with van der Waals surface area (Å²) in [5.41, 5.74) is 5.35. The van der Waals surface area contributed by atoms with Crippen LogP contribution in [0, 0.1) is 11.8 Å². The van der Waals surface area contributed by atoms with Crippen molar-refractivity contribution in [2.45, 2.75) is 44.8 Å². The number of hydrogen-bond donors (Lipinski definition) is 1. The van der Waals surface area contributed by atoms with E-state index in [-0.39, 0.29) is 11.0 Å². The summed E-state index contributed by atoms with van der Waals surface area (Å²) in [7, 11) is -2.88. The summed E-state index contributed by atoms with van der Waals surface area (Å²) in [6.45, 7) is 4.85. The Hall–Kier alpha value is -0.0900. The molecule has 3 atom stereocenters. The molecule has 0 spiro atoms. The van der Waals surface area contributed by atoms with Gasteiger partial charge in [-0.25, -0.2) is 8.42 Å². The Labute approximate surface area is 93.3 Å². The van der Waals surface area contributed by atoms with Gasteiger partial charge in [-0.05, 0) is 44.1 Å². The van der Waals surface area contributed by atoms with E-state index in [4.69, 9.17) is 5.73 Å². The third kappa shape index (κ3) is 3.45. The molecule has 90 valence electrons. The third-order valence-electron chi connectivity index (χ3n) is 3.69. The van der Waals surface area contributed by atoms with Crippen LogP contribution in [0.5, 0.6) is 0 Å². The second kappa shape index (κ2) is 5.30. The minimum atomic E-state index is -2.88. The molecule has 0 aliphatic heterocycles. The van der Waals surface area contributed by atoms with Crippen molar-refractivity contribution in [2.24, 2.45) is 17.6 Å². The fourth-order valence-electron chi connectivity index (χ4n) is 2.28. The van der Waals surface area contributed by atoms with Gasteiger partial charge < -0.3 is 5.73 Å². The molecule has 0 radical (unpaired) electrons. The molecule has 1 fully saturated rings. The molecular weight excluding hydrogens is 210 g/mol. The molecule has 1 rings (SSSR count). The molecule has 0 heterocycles. The van der Waals surface area contributed by atoms with E-state index in [1.165, 1.54) is 0 Å². The summed E-state index contributed by atoms with van der Waals surface area (Å²) in [6.07, 6.45) is 3.34. The van der Waals surface area contributed by atoms with Crippen LogP contribution in [0.15, 0.2) is 0 Å². The molecule has 0 amide bonds. The molecular formula is C11H23NO2S. The first kappa shape index (κ1) is 13.0. The van der Waals surface area contributed by atoms with Crippen molar-refractivity contribution in [3.8, 4) is 0 Å². The molecule has 4 heteroatoms. The molecule has 2 N–H and O–H groups in total. The van der Waals surface area contributed by atoms with Crippen molar-refractivity contribution in [3.05, 3.63) is 0 Å². The van der Waals surface area contributed by atoms with Crippen LogP contribution in [0.2, 0.25) is 0 Å². The minimum Gasteiger partial charge on any atom is -0.330 e. The SMILES string of the molecule is CC1CCC(S(=O)(=O)CCCN)CC1C. The Balaban J connectivity index is 2.57. The summed E-state index contributed by atoms with van der Waals surface area (Å²) in [4.78, 5) is 0. The van der Waals surface area contributed by atoms with Crippen molar-refractivity contribution >= 4 is 9.84 Å². The van der Waals surface area contributed by atoms with Crippen LogP contribution in [0.3, 0.4) is 0 Å². The smallest absolute Gasteiger partial charge is 0.153 e. The molecule has 15 heavy (non-hydrogen) atoms. The summed E-state index contributed by atoms with van der Waals surface area (Å²) >= 11 is 0. The molecule has 1 aliphatic carbocycles. The Bertz CT molecular complexity index is 287. The zero-order valence-electron chi connectivity index (χ0n) is 9.78. The van der Waals surface area contributed by atoms with Crippen molar-refractivity contribution in [1.29, 1.82) is 0 Å². The van der Waals surface area contributed by atoms with Gasteiger partial charge in [-0.2, -0.15) is 0 Å². The monoisotopic (exact) mass is 233 g/mol. The van der Waals surface area contributed by atoms with Crippen molar-refractivity contribution in [2.75, 3.05) is 12.3 Å². The van der Waals surface area contributed by atoms with Gasteiger partial charge in [-0.15, -0.1) is 0 Å². The van der Waals surface area contributed by atoms with E-state index in [0.717, 1.165) is 19.3 Å². The van der Waals surface area contributed by atoms with Gasteiger partial charge in [0.2, 0.25) is 0 Å². The van der Waals surface area contributed by atoms with Crippen LogP contribution in [0.1, 0.15) is 39.5 Å². The first-order valence-corrected chi connectivity index (χ1v) is 7.60. The quantitative estimate of drug-likeness (QED) is 0.802. The molecule has 0 saturated heterocycles. The highest BCUT2D eigenvalue weighted by atomic mass is 32.2.